The lowest BCUT2D eigenvalue weighted by Gasteiger charge is -2.26. The van der Waals surface area contributed by atoms with E-state index < -0.39 is 0 Å². The van der Waals surface area contributed by atoms with Crippen molar-refractivity contribution in [2.75, 3.05) is 13.1 Å². The molecule has 1 aliphatic heterocycles. The first kappa shape index (κ1) is 14.4. The first-order chi connectivity index (χ1) is 8.50. The van der Waals surface area contributed by atoms with Gasteiger partial charge in [-0.25, -0.2) is 4.79 Å². The molecule has 0 radical (unpaired) electrons. The van der Waals surface area contributed by atoms with Gasteiger partial charge in [0.1, 0.15) is 0 Å². The van der Waals surface area contributed by atoms with E-state index in [0.717, 1.165) is 25.9 Å². The maximum atomic E-state index is 12.5. The van der Waals surface area contributed by atoms with Crippen LogP contribution in [0, 0.1) is 0 Å². The molecule has 1 saturated heterocycles. The van der Waals surface area contributed by atoms with E-state index in [9.17, 15) is 4.79 Å². The molecule has 3 nitrogen and oxygen atoms in total. The molecule has 2 rings (SSSR count). The predicted octanol–water partition coefficient (Wildman–Crippen LogP) is 3.73. The topological polar surface area (TPSA) is 23.6 Å². The number of halogens is 2. The second-order valence-corrected chi connectivity index (χ2v) is 8.31. The van der Waals surface area contributed by atoms with Crippen molar-refractivity contribution in [3.05, 3.63) is 11.8 Å². The number of allylic oxidation sites excluding steroid dienone is 1. The van der Waals surface area contributed by atoms with Crippen LogP contribution in [0.5, 0.6) is 0 Å². The van der Waals surface area contributed by atoms with Crippen LogP contribution in [0.2, 0.25) is 0 Å². The molecular formula is C13H20Br2N2O. The van der Waals surface area contributed by atoms with Crippen LogP contribution < -0.4 is 0 Å². The van der Waals surface area contributed by atoms with E-state index in [1.165, 1.54) is 12.1 Å². The molecule has 1 heterocycles. The molecule has 5 heteroatoms. The first-order valence-electron chi connectivity index (χ1n) is 6.57. The zero-order valence-corrected chi connectivity index (χ0v) is 14.1. The maximum absolute atomic E-state index is 12.5. The van der Waals surface area contributed by atoms with Gasteiger partial charge in [-0.15, -0.1) is 0 Å². The molecule has 0 N–H and O–H groups in total. The van der Waals surface area contributed by atoms with Gasteiger partial charge in [-0.05, 0) is 19.3 Å². The van der Waals surface area contributed by atoms with Gasteiger partial charge in [0.2, 0.25) is 0 Å². The summed E-state index contributed by atoms with van der Waals surface area (Å²) in [6.45, 7) is 5.72. The van der Waals surface area contributed by atoms with Gasteiger partial charge in [-0.1, -0.05) is 51.8 Å². The van der Waals surface area contributed by atoms with Crippen LogP contribution in [-0.4, -0.2) is 44.6 Å². The largest absolute Gasteiger partial charge is 0.324 e. The number of amides is 2. The number of carbonyl (C=O) groups is 1. The fourth-order valence-corrected chi connectivity index (χ4v) is 3.36. The summed E-state index contributed by atoms with van der Waals surface area (Å²) >= 11 is 7.11. The summed E-state index contributed by atoms with van der Waals surface area (Å²) in [4.78, 5) is 17.2. The van der Waals surface area contributed by atoms with Crippen molar-refractivity contribution in [2.24, 2.45) is 0 Å². The van der Waals surface area contributed by atoms with E-state index in [-0.39, 0.29) is 6.03 Å². The van der Waals surface area contributed by atoms with Crippen molar-refractivity contribution in [1.29, 1.82) is 0 Å². The van der Waals surface area contributed by atoms with Crippen molar-refractivity contribution in [3.63, 3.8) is 0 Å². The number of rotatable bonds is 4. The molecule has 1 fully saturated rings. The Labute approximate surface area is 126 Å². The van der Waals surface area contributed by atoms with Crippen molar-refractivity contribution < 1.29 is 4.79 Å². The second-order valence-electron chi connectivity index (χ2n) is 5.18. The quantitative estimate of drug-likeness (QED) is 0.682. The predicted molar refractivity (Wildman–Crippen MR) is 81.3 cm³/mol. The lowest BCUT2D eigenvalue weighted by atomic mass is 9.99. The zero-order chi connectivity index (χ0) is 13.3. The highest BCUT2D eigenvalue weighted by Gasteiger charge is 2.42. The lowest BCUT2D eigenvalue weighted by Crippen LogP contribution is -2.39. The number of urea groups is 1. The summed E-state index contributed by atoms with van der Waals surface area (Å²) in [6.07, 6.45) is 5.64. The van der Waals surface area contributed by atoms with E-state index >= 15 is 0 Å². The summed E-state index contributed by atoms with van der Waals surface area (Å²) in [6, 6.07) is 0.475. The molecule has 0 aromatic rings. The Balaban J connectivity index is 2.21. The Morgan fingerprint density at radius 2 is 2.00 bits per heavy atom. The second kappa shape index (κ2) is 5.95. The Bertz CT molecular complexity index is 355. The summed E-state index contributed by atoms with van der Waals surface area (Å²) in [5.74, 6) is 0. The highest BCUT2D eigenvalue weighted by Crippen LogP contribution is 2.34. The van der Waals surface area contributed by atoms with E-state index in [4.69, 9.17) is 0 Å². The van der Waals surface area contributed by atoms with Gasteiger partial charge in [0.15, 0.2) is 0 Å². The fraction of sp³-hybridized carbons (Fsp3) is 0.769. The number of hydrogen-bond donors (Lipinski definition) is 0. The van der Waals surface area contributed by atoms with Gasteiger partial charge in [0.05, 0.1) is 6.04 Å². The van der Waals surface area contributed by atoms with Crippen molar-refractivity contribution in [1.82, 2.24) is 9.80 Å². The molecule has 0 saturated carbocycles. The molecule has 1 aliphatic carbocycles. The van der Waals surface area contributed by atoms with Crippen LogP contribution in [0.25, 0.3) is 0 Å². The summed E-state index contributed by atoms with van der Waals surface area (Å²) in [5, 5.41) is 0. The molecule has 0 spiro atoms. The number of nitrogens with zero attached hydrogens (tertiary/aromatic N) is 2. The van der Waals surface area contributed by atoms with Gasteiger partial charge in [-0.3, -0.25) is 4.90 Å². The van der Waals surface area contributed by atoms with Crippen molar-refractivity contribution in [2.45, 2.75) is 48.8 Å². The van der Waals surface area contributed by atoms with Gasteiger partial charge in [-0.2, -0.15) is 0 Å². The molecule has 3 atom stereocenters. The summed E-state index contributed by atoms with van der Waals surface area (Å²) in [7, 11) is 0. The average molecular weight is 380 g/mol. The van der Waals surface area contributed by atoms with E-state index in [1.807, 2.05) is 9.80 Å². The summed E-state index contributed by atoms with van der Waals surface area (Å²) < 4.78 is 0. The average Bonchev–Trinajstić information content (AvgIpc) is 2.54. The zero-order valence-electron chi connectivity index (χ0n) is 10.9. The third kappa shape index (κ3) is 2.93. The molecule has 2 amide bonds. The molecule has 102 valence electrons. The number of carbonyl (C=O) groups excluding carboxylic acids is 1. The van der Waals surface area contributed by atoms with Crippen LogP contribution in [0.4, 0.5) is 4.79 Å². The molecule has 2 aliphatic rings. The van der Waals surface area contributed by atoms with E-state index in [1.54, 1.807) is 0 Å². The molecule has 3 unspecified atom stereocenters. The van der Waals surface area contributed by atoms with Crippen LogP contribution in [0.3, 0.4) is 0 Å². The van der Waals surface area contributed by atoms with Crippen LogP contribution in [0.15, 0.2) is 11.8 Å². The first-order valence-corrected chi connectivity index (χ1v) is 8.40. The van der Waals surface area contributed by atoms with Crippen molar-refractivity contribution in [3.8, 4) is 0 Å². The fourth-order valence-electron chi connectivity index (χ4n) is 2.76. The molecular weight excluding hydrogens is 360 g/mol. The minimum Gasteiger partial charge on any atom is -0.315 e. The number of alkyl halides is 2. The summed E-state index contributed by atoms with van der Waals surface area (Å²) in [5.41, 5.74) is 1.23. The van der Waals surface area contributed by atoms with Crippen molar-refractivity contribution >= 4 is 37.9 Å². The Morgan fingerprint density at radius 3 is 2.61 bits per heavy atom. The van der Waals surface area contributed by atoms with Gasteiger partial charge < -0.3 is 4.90 Å². The van der Waals surface area contributed by atoms with Crippen LogP contribution >= 0.6 is 31.9 Å². The minimum absolute atomic E-state index is 0.172. The number of hydrogen-bond acceptors (Lipinski definition) is 1. The van der Waals surface area contributed by atoms with Crippen LogP contribution in [-0.2, 0) is 0 Å². The molecule has 18 heavy (non-hydrogen) atoms. The van der Waals surface area contributed by atoms with E-state index in [2.05, 4.69) is 51.8 Å². The minimum atomic E-state index is 0.172. The Morgan fingerprint density at radius 1 is 1.33 bits per heavy atom. The highest BCUT2D eigenvalue weighted by molar-refractivity contribution is 9.09. The van der Waals surface area contributed by atoms with Gasteiger partial charge in [0, 0.05) is 28.4 Å². The number of fused-ring (bicyclic) bond motifs is 1. The Kier molecular flexibility index (Phi) is 4.75. The highest BCUT2D eigenvalue weighted by atomic mass is 79.9. The molecule has 0 aromatic carbocycles. The van der Waals surface area contributed by atoms with Crippen LogP contribution in [0.1, 0.15) is 33.1 Å². The van der Waals surface area contributed by atoms with Gasteiger partial charge >= 0.3 is 6.03 Å². The molecule has 0 bridgehead atoms. The SMILES string of the molecule is CC(Br)CN1C(=O)N(CC(C)Br)C2CCCC=C21. The normalized spacial score (nSPS) is 27.0. The Hall–Kier alpha value is -0.0300. The smallest absolute Gasteiger partial charge is 0.315 e. The lowest BCUT2D eigenvalue weighted by molar-refractivity contribution is 0.186. The monoisotopic (exact) mass is 378 g/mol. The van der Waals surface area contributed by atoms with Gasteiger partial charge in [0.25, 0.3) is 0 Å². The third-order valence-corrected chi connectivity index (χ3v) is 4.00. The van der Waals surface area contributed by atoms with E-state index in [0.29, 0.717) is 15.7 Å². The molecule has 0 aromatic heterocycles. The third-order valence-electron chi connectivity index (χ3n) is 3.42. The maximum Gasteiger partial charge on any atom is 0.324 e. The standard InChI is InChI=1S/C13H20Br2N2O/c1-9(14)7-16-11-5-3-4-6-12(11)17(13(16)18)8-10(2)15/h5,9-10,12H,3-4,6-8H2,1-2H3.